The van der Waals surface area contributed by atoms with Crippen molar-refractivity contribution in [1.82, 2.24) is 19.9 Å². The van der Waals surface area contributed by atoms with Gasteiger partial charge in [-0.1, -0.05) is 6.92 Å². The number of methoxy groups -OCH3 is 2. The van der Waals surface area contributed by atoms with Crippen LogP contribution in [-0.4, -0.2) is 40.1 Å². The van der Waals surface area contributed by atoms with E-state index in [1.807, 2.05) is 13.0 Å². The van der Waals surface area contributed by atoms with Crippen molar-refractivity contribution in [3.8, 4) is 23.0 Å². The van der Waals surface area contributed by atoms with Crippen LogP contribution in [0.25, 0.3) is 11.5 Å². The Morgan fingerprint density at radius 1 is 1.00 bits per heavy atom. The lowest BCUT2D eigenvalue weighted by molar-refractivity contribution is 0.0989. The van der Waals surface area contributed by atoms with E-state index in [1.165, 1.54) is 6.33 Å². The number of aromatic nitrogens is 4. The lowest BCUT2D eigenvalue weighted by Gasteiger charge is -2.23. The SMILES string of the molecule is CCC1c2cc(OC)c(OC)cc2C(=O)N1c1cc(-c2ncccn2)ncn1. The molecule has 28 heavy (non-hydrogen) atoms. The van der Waals surface area contributed by atoms with Crippen LogP contribution in [0.4, 0.5) is 5.82 Å². The van der Waals surface area contributed by atoms with E-state index in [0.717, 1.165) is 12.0 Å². The van der Waals surface area contributed by atoms with Gasteiger partial charge in [-0.2, -0.15) is 0 Å². The quantitative estimate of drug-likeness (QED) is 0.675. The highest BCUT2D eigenvalue weighted by Crippen LogP contribution is 2.43. The molecular weight excluding hydrogens is 358 g/mol. The molecule has 0 N–H and O–H groups in total. The van der Waals surface area contributed by atoms with Crippen LogP contribution in [0, 0.1) is 0 Å². The Bertz CT molecular complexity index is 1030. The molecule has 3 heterocycles. The van der Waals surface area contributed by atoms with E-state index >= 15 is 0 Å². The van der Waals surface area contributed by atoms with Crippen LogP contribution in [0.2, 0.25) is 0 Å². The van der Waals surface area contributed by atoms with Gasteiger partial charge in [-0.05, 0) is 30.2 Å². The molecule has 1 amide bonds. The largest absolute Gasteiger partial charge is 0.493 e. The van der Waals surface area contributed by atoms with E-state index < -0.39 is 0 Å². The summed E-state index contributed by atoms with van der Waals surface area (Å²) in [6.45, 7) is 2.03. The molecule has 0 aliphatic carbocycles. The maximum Gasteiger partial charge on any atom is 0.260 e. The van der Waals surface area contributed by atoms with Crippen LogP contribution in [0.3, 0.4) is 0 Å². The topological polar surface area (TPSA) is 90.3 Å². The van der Waals surface area contributed by atoms with Crippen LogP contribution >= 0.6 is 0 Å². The van der Waals surface area contributed by atoms with Gasteiger partial charge in [0, 0.05) is 24.0 Å². The smallest absolute Gasteiger partial charge is 0.260 e. The Kier molecular flexibility index (Phi) is 4.60. The van der Waals surface area contributed by atoms with Gasteiger partial charge in [0.1, 0.15) is 17.8 Å². The minimum Gasteiger partial charge on any atom is -0.493 e. The highest BCUT2D eigenvalue weighted by atomic mass is 16.5. The number of hydrogen-bond acceptors (Lipinski definition) is 7. The van der Waals surface area contributed by atoms with Crippen molar-refractivity contribution in [3.63, 3.8) is 0 Å². The molecule has 4 rings (SSSR count). The number of fused-ring (bicyclic) bond motifs is 1. The van der Waals surface area contributed by atoms with Crippen molar-refractivity contribution in [2.45, 2.75) is 19.4 Å². The number of nitrogens with zero attached hydrogens (tertiary/aromatic N) is 5. The minimum absolute atomic E-state index is 0.138. The summed E-state index contributed by atoms with van der Waals surface area (Å²) in [4.78, 5) is 31.9. The summed E-state index contributed by atoms with van der Waals surface area (Å²) >= 11 is 0. The zero-order valence-electron chi connectivity index (χ0n) is 15.8. The Morgan fingerprint density at radius 3 is 2.39 bits per heavy atom. The van der Waals surface area contributed by atoms with Gasteiger partial charge in [-0.15, -0.1) is 0 Å². The molecule has 8 nitrogen and oxygen atoms in total. The fraction of sp³-hybridized carbons (Fsp3) is 0.250. The van der Waals surface area contributed by atoms with E-state index in [1.54, 1.807) is 49.7 Å². The van der Waals surface area contributed by atoms with E-state index in [0.29, 0.717) is 34.4 Å². The number of hydrogen-bond donors (Lipinski definition) is 0. The van der Waals surface area contributed by atoms with Crippen LogP contribution in [0.1, 0.15) is 35.3 Å². The van der Waals surface area contributed by atoms with Gasteiger partial charge in [0.2, 0.25) is 0 Å². The highest BCUT2D eigenvalue weighted by molar-refractivity contribution is 6.11. The fourth-order valence-electron chi connectivity index (χ4n) is 3.46. The number of amides is 1. The van der Waals surface area contributed by atoms with E-state index in [-0.39, 0.29) is 11.9 Å². The van der Waals surface area contributed by atoms with Gasteiger partial charge in [0.15, 0.2) is 17.3 Å². The second kappa shape index (κ2) is 7.22. The summed E-state index contributed by atoms with van der Waals surface area (Å²) in [6.07, 6.45) is 5.43. The van der Waals surface area contributed by atoms with Crippen molar-refractivity contribution >= 4 is 11.7 Å². The molecule has 0 radical (unpaired) electrons. The molecule has 0 fully saturated rings. The van der Waals surface area contributed by atoms with Gasteiger partial charge >= 0.3 is 0 Å². The Balaban J connectivity index is 1.79. The molecule has 1 aliphatic rings. The Labute approximate surface area is 162 Å². The van der Waals surface area contributed by atoms with Crippen molar-refractivity contribution in [3.05, 3.63) is 54.1 Å². The predicted molar refractivity (Wildman–Crippen MR) is 102 cm³/mol. The lowest BCUT2D eigenvalue weighted by Crippen LogP contribution is -2.28. The highest BCUT2D eigenvalue weighted by Gasteiger charge is 2.39. The van der Waals surface area contributed by atoms with Gasteiger partial charge in [-0.3, -0.25) is 9.69 Å². The van der Waals surface area contributed by atoms with Gasteiger partial charge in [0.05, 0.1) is 20.3 Å². The average molecular weight is 377 g/mol. The van der Waals surface area contributed by atoms with Crippen molar-refractivity contribution in [2.24, 2.45) is 0 Å². The third kappa shape index (κ3) is 2.83. The number of rotatable bonds is 5. The third-order valence-corrected chi connectivity index (χ3v) is 4.76. The molecule has 0 bridgehead atoms. The van der Waals surface area contributed by atoms with Crippen molar-refractivity contribution in [2.75, 3.05) is 19.1 Å². The van der Waals surface area contributed by atoms with E-state index in [9.17, 15) is 4.79 Å². The summed E-state index contributed by atoms with van der Waals surface area (Å²) in [5, 5.41) is 0. The molecule has 0 saturated heterocycles. The molecular formula is C20H19N5O3. The molecule has 8 heteroatoms. The molecule has 0 saturated carbocycles. The van der Waals surface area contributed by atoms with E-state index in [4.69, 9.17) is 9.47 Å². The zero-order valence-corrected chi connectivity index (χ0v) is 15.8. The van der Waals surface area contributed by atoms with Crippen LogP contribution in [-0.2, 0) is 0 Å². The summed E-state index contributed by atoms with van der Waals surface area (Å²) in [6, 6.07) is 6.89. The number of carbonyl (C=O) groups excluding carboxylic acids is 1. The Hall–Kier alpha value is -3.55. The standard InChI is InChI=1S/C20H19N5O3/c1-4-15-12-8-16(27-2)17(28-3)9-13(12)20(26)25(15)18-10-14(23-11-24-18)19-21-6-5-7-22-19/h5-11,15H,4H2,1-3H3. The molecule has 0 spiro atoms. The normalized spacial score (nSPS) is 15.5. The van der Waals surface area contributed by atoms with Gasteiger partial charge < -0.3 is 9.47 Å². The minimum atomic E-state index is -0.165. The first-order valence-corrected chi connectivity index (χ1v) is 8.86. The lowest BCUT2D eigenvalue weighted by atomic mass is 10.0. The van der Waals surface area contributed by atoms with Crippen LogP contribution < -0.4 is 14.4 Å². The third-order valence-electron chi connectivity index (χ3n) is 4.76. The van der Waals surface area contributed by atoms with Gasteiger partial charge in [-0.25, -0.2) is 19.9 Å². The first-order chi connectivity index (χ1) is 13.7. The van der Waals surface area contributed by atoms with Crippen LogP contribution in [0.5, 0.6) is 11.5 Å². The molecule has 1 aromatic carbocycles. The molecule has 1 aliphatic heterocycles. The predicted octanol–water partition coefficient (Wildman–Crippen LogP) is 3.06. The van der Waals surface area contributed by atoms with E-state index in [2.05, 4.69) is 19.9 Å². The summed E-state index contributed by atoms with van der Waals surface area (Å²) in [5.41, 5.74) is 2.03. The monoisotopic (exact) mass is 377 g/mol. The molecule has 142 valence electrons. The van der Waals surface area contributed by atoms with Crippen molar-refractivity contribution < 1.29 is 14.3 Å². The number of carbonyl (C=O) groups is 1. The van der Waals surface area contributed by atoms with Crippen LogP contribution in [0.15, 0.2) is 43.0 Å². The summed E-state index contributed by atoms with van der Waals surface area (Å²) in [5.74, 6) is 1.96. The molecule has 1 unspecified atom stereocenters. The molecule has 3 aromatic rings. The summed E-state index contributed by atoms with van der Waals surface area (Å²) in [7, 11) is 3.13. The second-order valence-electron chi connectivity index (χ2n) is 6.23. The Morgan fingerprint density at radius 2 is 1.71 bits per heavy atom. The molecule has 2 aromatic heterocycles. The number of ether oxygens (including phenoxy) is 2. The second-order valence-corrected chi connectivity index (χ2v) is 6.23. The maximum atomic E-state index is 13.2. The molecule has 1 atom stereocenters. The number of benzene rings is 1. The average Bonchev–Trinajstić information content (AvgIpc) is 3.04. The maximum absolute atomic E-state index is 13.2. The fourth-order valence-corrected chi connectivity index (χ4v) is 3.46. The number of anilines is 1. The first kappa shape index (κ1) is 17.8. The van der Waals surface area contributed by atoms with Gasteiger partial charge in [0.25, 0.3) is 5.91 Å². The summed E-state index contributed by atoms with van der Waals surface area (Å²) < 4.78 is 10.8. The first-order valence-electron chi connectivity index (χ1n) is 8.86. The van der Waals surface area contributed by atoms with Crippen molar-refractivity contribution in [1.29, 1.82) is 0 Å². The zero-order chi connectivity index (χ0) is 19.7.